The number of hydrogen-bond acceptors (Lipinski definition) is 4. The van der Waals surface area contributed by atoms with Crippen molar-refractivity contribution in [2.45, 2.75) is 39.3 Å². The molecule has 4 nitrogen and oxygen atoms in total. The Bertz CT molecular complexity index is 450. The summed E-state index contributed by atoms with van der Waals surface area (Å²) in [7, 11) is 4.32. The number of nitrogens with one attached hydrogen (secondary N) is 1. The standard InChI is InChI=1S/C16H28N4/c1-12-10-20(11-13(12)19(5)6)15-9-7-8-14(17-15)18-16(2,3)4/h7-9,12-13H,10-11H2,1-6H3,(H,17,18). The first-order valence-corrected chi connectivity index (χ1v) is 7.43. The molecule has 0 aliphatic carbocycles. The molecule has 1 aromatic rings. The van der Waals surface area contributed by atoms with Crippen LogP contribution in [0.2, 0.25) is 0 Å². The summed E-state index contributed by atoms with van der Waals surface area (Å²) in [5, 5.41) is 3.44. The lowest BCUT2D eigenvalue weighted by atomic mass is 10.1. The Balaban J connectivity index is 2.12. The molecule has 112 valence electrons. The SMILES string of the molecule is CC1CN(c2cccc(NC(C)(C)C)n2)CC1N(C)C. The Morgan fingerprint density at radius 1 is 1.25 bits per heavy atom. The van der Waals surface area contributed by atoms with Crippen molar-refractivity contribution >= 4 is 11.6 Å². The van der Waals surface area contributed by atoms with Crippen LogP contribution < -0.4 is 10.2 Å². The maximum Gasteiger partial charge on any atom is 0.131 e. The summed E-state index contributed by atoms with van der Waals surface area (Å²) in [5.41, 5.74) is 0.0378. The summed E-state index contributed by atoms with van der Waals surface area (Å²) in [5.74, 6) is 2.71. The molecule has 2 atom stereocenters. The molecule has 4 heteroatoms. The number of pyridine rings is 1. The van der Waals surface area contributed by atoms with Crippen molar-refractivity contribution in [2.75, 3.05) is 37.4 Å². The van der Waals surface area contributed by atoms with E-state index in [1.807, 2.05) is 6.07 Å². The quantitative estimate of drug-likeness (QED) is 0.920. The number of rotatable bonds is 3. The van der Waals surface area contributed by atoms with E-state index < -0.39 is 0 Å². The van der Waals surface area contributed by atoms with Crippen molar-refractivity contribution in [2.24, 2.45) is 5.92 Å². The molecule has 1 N–H and O–H groups in total. The van der Waals surface area contributed by atoms with Gasteiger partial charge in [-0.3, -0.25) is 0 Å². The summed E-state index contributed by atoms with van der Waals surface area (Å²) in [4.78, 5) is 9.48. The van der Waals surface area contributed by atoms with E-state index in [1.54, 1.807) is 0 Å². The molecule has 0 bridgehead atoms. The Hall–Kier alpha value is -1.29. The van der Waals surface area contributed by atoms with E-state index >= 15 is 0 Å². The van der Waals surface area contributed by atoms with E-state index in [9.17, 15) is 0 Å². The van der Waals surface area contributed by atoms with Gasteiger partial charge in [-0.1, -0.05) is 13.0 Å². The van der Waals surface area contributed by atoms with Crippen molar-refractivity contribution in [3.05, 3.63) is 18.2 Å². The molecule has 1 aliphatic rings. The van der Waals surface area contributed by atoms with Gasteiger partial charge in [0.1, 0.15) is 11.6 Å². The van der Waals surface area contributed by atoms with Gasteiger partial charge in [-0.2, -0.15) is 0 Å². The Morgan fingerprint density at radius 3 is 2.50 bits per heavy atom. The van der Waals surface area contributed by atoms with Gasteiger partial charge in [0, 0.05) is 24.7 Å². The summed E-state index contributed by atoms with van der Waals surface area (Å²) in [6.45, 7) is 10.9. The second-order valence-corrected chi connectivity index (χ2v) is 7.17. The van der Waals surface area contributed by atoms with Gasteiger partial charge in [-0.25, -0.2) is 4.98 Å². The summed E-state index contributed by atoms with van der Waals surface area (Å²) >= 11 is 0. The summed E-state index contributed by atoms with van der Waals surface area (Å²) in [6, 6.07) is 6.84. The smallest absolute Gasteiger partial charge is 0.131 e. The molecule has 0 amide bonds. The van der Waals surface area contributed by atoms with E-state index in [2.05, 4.69) is 69.0 Å². The first-order chi connectivity index (χ1) is 9.26. The highest BCUT2D eigenvalue weighted by Crippen LogP contribution is 2.26. The lowest BCUT2D eigenvalue weighted by Crippen LogP contribution is -2.34. The third-order valence-corrected chi connectivity index (χ3v) is 3.80. The highest BCUT2D eigenvalue weighted by Gasteiger charge is 2.31. The summed E-state index contributed by atoms with van der Waals surface area (Å²) in [6.07, 6.45) is 0. The predicted molar refractivity (Wildman–Crippen MR) is 86.5 cm³/mol. The second-order valence-electron chi connectivity index (χ2n) is 7.17. The third kappa shape index (κ3) is 3.63. The van der Waals surface area contributed by atoms with Gasteiger partial charge in [0.15, 0.2) is 0 Å². The number of anilines is 2. The molecule has 1 aromatic heterocycles. The molecule has 1 fully saturated rings. The van der Waals surface area contributed by atoms with Gasteiger partial charge in [0.25, 0.3) is 0 Å². The Morgan fingerprint density at radius 2 is 1.95 bits per heavy atom. The molecule has 1 saturated heterocycles. The highest BCUT2D eigenvalue weighted by molar-refractivity contribution is 5.49. The van der Waals surface area contributed by atoms with Gasteiger partial charge in [0.2, 0.25) is 0 Å². The predicted octanol–water partition coefficient (Wildman–Crippen LogP) is 2.68. The fraction of sp³-hybridized carbons (Fsp3) is 0.688. The Labute approximate surface area is 123 Å². The number of hydrogen-bond donors (Lipinski definition) is 1. The topological polar surface area (TPSA) is 31.4 Å². The minimum absolute atomic E-state index is 0.0378. The van der Waals surface area contributed by atoms with E-state index in [-0.39, 0.29) is 5.54 Å². The fourth-order valence-electron chi connectivity index (χ4n) is 2.86. The van der Waals surface area contributed by atoms with Crippen LogP contribution in [0.25, 0.3) is 0 Å². The second kappa shape index (κ2) is 5.60. The zero-order valence-corrected chi connectivity index (χ0v) is 13.6. The van der Waals surface area contributed by atoms with Crippen LogP contribution in [0.3, 0.4) is 0 Å². The van der Waals surface area contributed by atoms with Crippen molar-refractivity contribution in [1.82, 2.24) is 9.88 Å². The fourth-order valence-corrected chi connectivity index (χ4v) is 2.86. The van der Waals surface area contributed by atoms with Crippen LogP contribution in [-0.2, 0) is 0 Å². The van der Waals surface area contributed by atoms with E-state index in [0.717, 1.165) is 24.7 Å². The number of likely N-dealkylation sites (N-methyl/N-ethyl adjacent to an activating group) is 1. The molecule has 0 spiro atoms. The summed E-state index contributed by atoms with van der Waals surface area (Å²) < 4.78 is 0. The lowest BCUT2D eigenvalue weighted by molar-refractivity contribution is 0.266. The molecule has 2 unspecified atom stereocenters. The lowest BCUT2D eigenvalue weighted by Gasteiger charge is -2.24. The van der Waals surface area contributed by atoms with Crippen LogP contribution in [0.1, 0.15) is 27.7 Å². The largest absolute Gasteiger partial charge is 0.365 e. The van der Waals surface area contributed by atoms with Gasteiger partial charge in [-0.15, -0.1) is 0 Å². The normalized spacial score (nSPS) is 23.4. The Kier molecular flexibility index (Phi) is 4.23. The monoisotopic (exact) mass is 276 g/mol. The molecular formula is C16H28N4. The molecule has 0 radical (unpaired) electrons. The molecule has 2 rings (SSSR count). The molecule has 2 heterocycles. The van der Waals surface area contributed by atoms with Crippen LogP contribution in [-0.4, -0.2) is 48.6 Å². The van der Waals surface area contributed by atoms with Gasteiger partial charge in [0.05, 0.1) is 0 Å². The van der Waals surface area contributed by atoms with E-state index in [0.29, 0.717) is 12.0 Å². The van der Waals surface area contributed by atoms with Crippen molar-refractivity contribution in [3.8, 4) is 0 Å². The van der Waals surface area contributed by atoms with E-state index in [4.69, 9.17) is 4.98 Å². The van der Waals surface area contributed by atoms with Gasteiger partial charge < -0.3 is 15.1 Å². The van der Waals surface area contributed by atoms with Crippen LogP contribution in [0.15, 0.2) is 18.2 Å². The van der Waals surface area contributed by atoms with Gasteiger partial charge >= 0.3 is 0 Å². The zero-order valence-electron chi connectivity index (χ0n) is 13.6. The minimum atomic E-state index is 0.0378. The number of nitrogens with zero attached hydrogens (tertiary/aromatic N) is 3. The molecule has 0 aromatic carbocycles. The number of aromatic nitrogens is 1. The molecular weight excluding hydrogens is 248 g/mol. The average molecular weight is 276 g/mol. The molecule has 0 saturated carbocycles. The average Bonchev–Trinajstić information content (AvgIpc) is 2.69. The van der Waals surface area contributed by atoms with Crippen LogP contribution in [0.5, 0.6) is 0 Å². The first kappa shape index (κ1) is 15.1. The highest BCUT2D eigenvalue weighted by atomic mass is 15.3. The minimum Gasteiger partial charge on any atom is -0.365 e. The van der Waals surface area contributed by atoms with Gasteiger partial charge in [-0.05, 0) is 52.9 Å². The van der Waals surface area contributed by atoms with Crippen molar-refractivity contribution < 1.29 is 0 Å². The van der Waals surface area contributed by atoms with Crippen molar-refractivity contribution in [3.63, 3.8) is 0 Å². The third-order valence-electron chi connectivity index (χ3n) is 3.80. The van der Waals surface area contributed by atoms with Crippen LogP contribution in [0.4, 0.5) is 11.6 Å². The molecule has 1 aliphatic heterocycles. The molecule has 20 heavy (non-hydrogen) atoms. The first-order valence-electron chi connectivity index (χ1n) is 7.43. The van der Waals surface area contributed by atoms with Crippen LogP contribution >= 0.6 is 0 Å². The van der Waals surface area contributed by atoms with E-state index in [1.165, 1.54) is 0 Å². The van der Waals surface area contributed by atoms with Crippen molar-refractivity contribution in [1.29, 1.82) is 0 Å². The zero-order chi connectivity index (χ0) is 14.9. The van der Waals surface area contributed by atoms with Crippen LogP contribution in [0, 0.1) is 5.92 Å². The maximum atomic E-state index is 4.76. The maximum absolute atomic E-state index is 4.76.